The van der Waals surface area contributed by atoms with Gasteiger partial charge in [0, 0.05) is 15.3 Å². The van der Waals surface area contributed by atoms with Crippen LogP contribution in [0.4, 0.5) is 5.69 Å². The molecule has 1 aliphatic heterocycles. The molecule has 1 aromatic carbocycles. The Morgan fingerprint density at radius 2 is 2.00 bits per heavy atom. The fraction of sp³-hybridized carbons (Fsp3) is 0.500. The minimum atomic E-state index is 0.225. The van der Waals surface area contributed by atoms with E-state index < -0.39 is 0 Å². The fourth-order valence-electron chi connectivity index (χ4n) is 2.80. The highest BCUT2D eigenvalue weighted by molar-refractivity contribution is 8.00. The molecule has 92 valence electrons. The number of benzene rings is 1. The third kappa shape index (κ3) is 2.66. The normalized spacial score (nSPS) is 20.5. The number of hydrogen-bond donors (Lipinski definition) is 1. The molecule has 1 aliphatic rings. The summed E-state index contributed by atoms with van der Waals surface area (Å²) in [7, 11) is 0. The van der Waals surface area contributed by atoms with Gasteiger partial charge in [-0.3, -0.25) is 0 Å². The molecule has 0 aliphatic carbocycles. The van der Waals surface area contributed by atoms with Crippen molar-refractivity contribution in [3.63, 3.8) is 0 Å². The second-order valence-electron chi connectivity index (χ2n) is 5.90. The molecule has 0 saturated carbocycles. The highest BCUT2D eigenvalue weighted by atomic mass is 32.2. The number of thiocarbonyl (C=S) groups is 1. The van der Waals surface area contributed by atoms with Gasteiger partial charge in [-0.25, -0.2) is 0 Å². The first-order valence-electron chi connectivity index (χ1n) is 5.88. The van der Waals surface area contributed by atoms with E-state index in [2.05, 4.69) is 51.2 Å². The Labute approximate surface area is 113 Å². The van der Waals surface area contributed by atoms with Crippen LogP contribution in [0.3, 0.4) is 0 Å². The van der Waals surface area contributed by atoms with Crippen LogP contribution >= 0.6 is 24.0 Å². The first kappa shape index (κ1) is 12.9. The fourth-order valence-corrected chi connectivity index (χ4v) is 4.54. The van der Waals surface area contributed by atoms with Crippen LogP contribution in [0.1, 0.15) is 39.7 Å². The molecular formula is C14H19NS2. The Morgan fingerprint density at radius 3 is 2.65 bits per heavy atom. The van der Waals surface area contributed by atoms with Crippen molar-refractivity contribution in [3.8, 4) is 0 Å². The number of rotatable bonds is 2. The van der Waals surface area contributed by atoms with Crippen molar-refractivity contribution in [3.05, 3.63) is 23.8 Å². The van der Waals surface area contributed by atoms with E-state index >= 15 is 0 Å². The number of anilines is 1. The molecule has 0 atom stereocenters. The monoisotopic (exact) mass is 265 g/mol. The minimum absolute atomic E-state index is 0.225. The summed E-state index contributed by atoms with van der Waals surface area (Å²) in [4.78, 5) is 1.40. The highest BCUT2D eigenvalue weighted by Crippen LogP contribution is 2.51. The van der Waals surface area contributed by atoms with Gasteiger partial charge in [-0.1, -0.05) is 39.9 Å². The molecule has 1 nitrogen and oxygen atoms in total. The van der Waals surface area contributed by atoms with E-state index in [4.69, 9.17) is 12.2 Å². The van der Waals surface area contributed by atoms with Crippen LogP contribution in [-0.2, 0) is 5.41 Å². The summed E-state index contributed by atoms with van der Waals surface area (Å²) in [5.41, 5.74) is 4.31. The maximum atomic E-state index is 4.84. The molecule has 3 heteroatoms. The van der Waals surface area contributed by atoms with Crippen LogP contribution in [0.2, 0.25) is 0 Å². The molecular weight excluding hydrogens is 246 g/mol. The lowest BCUT2D eigenvalue weighted by Crippen LogP contribution is -2.33. The largest absolute Gasteiger partial charge is 0.353 e. The van der Waals surface area contributed by atoms with E-state index in [0.29, 0.717) is 4.75 Å². The molecule has 2 rings (SSSR count). The van der Waals surface area contributed by atoms with E-state index in [1.165, 1.54) is 16.9 Å². The average Bonchev–Trinajstić information content (AvgIpc) is 2.17. The lowest BCUT2D eigenvalue weighted by Gasteiger charge is -2.41. The predicted molar refractivity (Wildman–Crippen MR) is 81.3 cm³/mol. The van der Waals surface area contributed by atoms with Crippen LogP contribution in [-0.4, -0.2) is 10.2 Å². The molecule has 0 bridgehead atoms. The summed E-state index contributed by atoms with van der Waals surface area (Å²) in [6, 6.07) is 6.55. The molecule has 0 unspecified atom stereocenters. The Hall–Kier alpha value is -0.540. The molecule has 0 radical (unpaired) electrons. The lowest BCUT2D eigenvalue weighted by molar-refractivity contribution is 0.408. The Morgan fingerprint density at radius 1 is 1.29 bits per heavy atom. The second-order valence-corrected chi connectivity index (χ2v) is 7.88. The van der Waals surface area contributed by atoms with E-state index in [9.17, 15) is 0 Å². The zero-order chi connectivity index (χ0) is 12.7. The average molecular weight is 265 g/mol. The van der Waals surface area contributed by atoms with Gasteiger partial charge in [-0.05, 0) is 35.6 Å². The lowest BCUT2D eigenvalue weighted by atomic mass is 9.77. The van der Waals surface area contributed by atoms with E-state index in [1.54, 1.807) is 5.49 Å². The Bertz CT molecular complexity index is 450. The number of nitrogens with one attached hydrogen (secondary N) is 1. The van der Waals surface area contributed by atoms with Gasteiger partial charge >= 0.3 is 0 Å². The summed E-state index contributed by atoms with van der Waals surface area (Å²) < 4.78 is 0.315. The highest BCUT2D eigenvalue weighted by Gasteiger charge is 2.37. The number of hydrogen-bond acceptors (Lipinski definition) is 2. The topological polar surface area (TPSA) is 12.0 Å². The Kier molecular flexibility index (Phi) is 3.25. The molecule has 1 aromatic rings. The first-order valence-corrected chi connectivity index (χ1v) is 7.17. The smallest absolute Gasteiger partial charge is 0.0658 e. The summed E-state index contributed by atoms with van der Waals surface area (Å²) in [5.74, 6) is 0. The van der Waals surface area contributed by atoms with Crippen LogP contribution < -0.4 is 5.32 Å². The third-order valence-corrected chi connectivity index (χ3v) is 4.58. The van der Waals surface area contributed by atoms with Crippen molar-refractivity contribution in [2.24, 2.45) is 0 Å². The molecule has 0 fully saturated rings. The van der Waals surface area contributed by atoms with Crippen LogP contribution in [0.25, 0.3) is 0 Å². The zero-order valence-electron chi connectivity index (χ0n) is 10.8. The molecule has 1 N–H and O–H groups in total. The van der Waals surface area contributed by atoms with Gasteiger partial charge < -0.3 is 5.32 Å². The van der Waals surface area contributed by atoms with Crippen molar-refractivity contribution >= 4 is 35.2 Å². The van der Waals surface area contributed by atoms with E-state index in [0.717, 1.165) is 5.69 Å². The maximum absolute atomic E-state index is 4.84. The molecule has 17 heavy (non-hydrogen) atoms. The molecule has 0 aromatic heterocycles. The summed E-state index contributed by atoms with van der Waals surface area (Å²) in [5, 5.41) is 3.10. The van der Waals surface area contributed by atoms with Crippen molar-refractivity contribution in [2.45, 2.75) is 49.2 Å². The van der Waals surface area contributed by atoms with Gasteiger partial charge in [-0.15, -0.1) is 11.8 Å². The van der Waals surface area contributed by atoms with Gasteiger partial charge in [0.05, 0.1) is 5.49 Å². The third-order valence-electron chi connectivity index (χ3n) is 3.19. The van der Waals surface area contributed by atoms with Gasteiger partial charge in [0.25, 0.3) is 0 Å². The predicted octanol–water partition coefficient (Wildman–Crippen LogP) is 4.61. The number of thioether (sulfide) groups is 1. The molecule has 0 saturated heterocycles. The zero-order valence-corrected chi connectivity index (χ0v) is 12.5. The van der Waals surface area contributed by atoms with Gasteiger partial charge in [0.2, 0.25) is 0 Å². The standard InChI is InChI=1S/C14H19NS2/c1-13(2)8-14(3,4)17-12-6-5-10(15-9-16)7-11(12)13/h5-7,9H,8H2,1-4H3,(H,15,16). The minimum Gasteiger partial charge on any atom is -0.353 e. The maximum Gasteiger partial charge on any atom is 0.0658 e. The van der Waals surface area contributed by atoms with Crippen LogP contribution in [0, 0.1) is 0 Å². The SMILES string of the molecule is CC1(C)CC(C)(C)c2cc(NC=S)ccc2S1. The first-order chi connectivity index (χ1) is 7.84. The van der Waals surface area contributed by atoms with E-state index in [1.807, 2.05) is 11.8 Å². The Balaban J connectivity index is 2.47. The van der Waals surface area contributed by atoms with Gasteiger partial charge in [-0.2, -0.15) is 0 Å². The van der Waals surface area contributed by atoms with E-state index in [-0.39, 0.29) is 5.41 Å². The second kappa shape index (κ2) is 4.29. The molecule has 0 spiro atoms. The van der Waals surface area contributed by atoms with Crippen LogP contribution in [0.15, 0.2) is 23.1 Å². The summed E-state index contributed by atoms with van der Waals surface area (Å²) >= 11 is 6.82. The summed E-state index contributed by atoms with van der Waals surface area (Å²) in [6.45, 7) is 9.31. The van der Waals surface area contributed by atoms with Crippen molar-refractivity contribution in [1.82, 2.24) is 0 Å². The quantitative estimate of drug-likeness (QED) is 0.784. The van der Waals surface area contributed by atoms with Gasteiger partial charge in [0.15, 0.2) is 0 Å². The molecule has 1 heterocycles. The van der Waals surface area contributed by atoms with Crippen molar-refractivity contribution in [1.29, 1.82) is 0 Å². The van der Waals surface area contributed by atoms with Crippen molar-refractivity contribution in [2.75, 3.05) is 5.32 Å². The van der Waals surface area contributed by atoms with Crippen LogP contribution in [0.5, 0.6) is 0 Å². The van der Waals surface area contributed by atoms with Gasteiger partial charge in [0.1, 0.15) is 0 Å². The van der Waals surface area contributed by atoms with Crippen molar-refractivity contribution < 1.29 is 0 Å². The number of fused-ring (bicyclic) bond motifs is 1. The summed E-state index contributed by atoms with van der Waals surface area (Å²) in [6.07, 6.45) is 1.19. The molecule has 0 amide bonds.